The molecule has 0 bridgehead atoms. The molecule has 2 fully saturated rings. The van der Waals surface area contributed by atoms with Crippen molar-refractivity contribution in [3.8, 4) is 0 Å². The van der Waals surface area contributed by atoms with E-state index in [1.807, 2.05) is 30.3 Å². The first-order chi connectivity index (χ1) is 13.5. The van der Waals surface area contributed by atoms with Crippen molar-refractivity contribution in [3.63, 3.8) is 0 Å². The van der Waals surface area contributed by atoms with Gasteiger partial charge in [0.2, 0.25) is 5.91 Å². The van der Waals surface area contributed by atoms with Crippen molar-refractivity contribution in [2.24, 2.45) is 0 Å². The Morgan fingerprint density at radius 1 is 1.21 bits per heavy atom. The summed E-state index contributed by atoms with van der Waals surface area (Å²) in [5.74, 6) is 0.00441. The lowest BCUT2D eigenvalue weighted by Gasteiger charge is -2.33. The summed E-state index contributed by atoms with van der Waals surface area (Å²) in [5, 5.41) is 10.7. The standard InChI is InChI=1S/C20H18N2O5S/c23-18-10-11-20(15-4-2-1-3-5-15)21(18)17(13-28-20)19(24)27-12-14-6-8-16(9-7-14)22(25)26/h1-9,17H,10-13H2/t17-,20-/m1/s1. The molecule has 4 rings (SSSR count). The summed E-state index contributed by atoms with van der Waals surface area (Å²) in [6, 6.07) is 15.0. The van der Waals surface area contributed by atoms with Gasteiger partial charge in [-0.2, -0.15) is 0 Å². The molecule has 2 aliphatic rings. The molecule has 2 aliphatic heterocycles. The molecule has 1 amide bonds. The van der Waals surface area contributed by atoms with Gasteiger partial charge in [0.05, 0.1) is 4.92 Å². The van der Waals surface area contributed by atoms with E-state index < -0.39 is 21.8 Å². The van der Waals surface area contributed by atoms with Crippen LogP contribution in [0.25, 0.3) is 0 Å². The summed E-state index contributed by atoms with van der Waals surface area (Å²) in [5.41, 5.74) is 1.67. The molecular weight excluding hydrogens is 380 g/mol. The SMILES string of the molecule is O=C(OCc1ccc([N+](=O)[O-])cc1)[C@H]1CS[C@@]2(c3ccccc3)CCC(=O)N12. The van der Waals surface area contributed by atoms with E-state index in [9.17, 15) is 19.7 Å². The summed E-state index contributed by atoms with van der Waals surface area (Å²) < 4.78 is 5.43. The maximum absolute atomic E-state index is 12.7. The van der Waals surface area contributed by atoms with Crippen molar-refractivity contribution >= 4 is 29.3 Å². The number of benzene rings is 2. The van der Waals surface area contributed by atoms with Crippen LogP contribution >= 0.6 is 11.8 Å². The van der Waals surface area contributed by atoms with Gasteiger partial charge in [-0.05, 0) is 29.7 Å². The van der Waals surface area contributed by atoms with E-state index in [0.717, 1.165) is 5.56 Å². The average molecular weight is 398 g/mol. The zero-order valence-corrected chi connectivity index (χ0v) is 15.8. The zero-order chi connectivity index (χ0) is 19.7. The molecule has 0 unspecified atom stereocenters. The predicted octanol–water partition coefficient (Wildman–Crippen LogP) is 3.23. The van der Waals surface area contributed by atoms with Gasteiger partial charge in [-0.15, -0.1) is 11.8 Å². The molecule has 2 saturated heterocycles. The van der Waals surface area contributed by atoms with E-state index in [-0.39, 0.29) is 18.2 Å². The summed E-state index contributed by atoms with van der Waals surface area (Å²) in [6.45, 7) is 0.0123. The maximum Gasteiger partial charge on any atom is 0.330 e. The van der Waals surface area contributed by atoms with Crippen LogP contribution in [0.3, 0.4) is 0 Å². The van der Waals surface area contributed by atoms with Crippen LogP contribution in [0, 0.1) is 10.1 Å². The normalized spacial score (nSPS) is 23.5. The minimum Gasteiger partial charge on any atom is -0.459 e. The fourth-order valence-electron chi connectivity index (χ4n) is 3.78. The molecule has 0 spiro atoms. The quantitative estimate of drug-likeness (QED) is 0.436. The second-order valence-corrected chi connectivity index (χ2v) is 8.07. The van der Waals surface area contributed by atoms with Crippen molar-refractivity contribution < 1.29 is 19.2 Å². The van der Waals surface area contributed by atoms with E-state index in [1.54, 1.807) is 28.8 Å². The lowest BCUT2D eigenvalue weighted by molar-refractivity contribution is -0.384. The van der Waals surface area contributed by atoms with Gasteiger partial charge in [0.15, 0.2) is 0 Å². The second kappa shape index (κ2) is 7.27. The number of nitro groups is 1. The average Bonchev–Trinajstić information content (AvgIpc) is 3.26. The van der Waals surface area contributed by atoms with Gasteiger partial charge in [-0.1, -0.05) is 30.3 Å². The second-order valence-electron chi connectivity index (χ2n) is 6.77. The number of amides is 1. The van der Waals surface area contributed by atoms with E-state index in [1.165, 1.54) is 12.1 Å². The van der Waals surface area contributed by atoms with Gasteiger partial charge >= 0.3 is 5.97 Å². The summed E-state index contributed by atoms with van der Waals surface area (Å²) >= 11 is 1.61. The Morgan fingerprint density at radius 3 is 2.61 bits per heavy atom. The molecule has 2 heterocycles. The molecule has 2 aromatic rings. The molecule has 0 aromatic heterocycles. The van der Waals surface area contributed by atoms with Crippen molar-refractivity contribution in [2.45, 2.75) is 30.4 Å². The number of esters is 1. The van der Waals surface area contributed by atoms with Crippen molar-refractivity contribution in [1.82, 2.24) is 4.90 Å². The van der Waals surface area contributed by atoms with Gasteiger partial charge in [0.1, 0.15) is 17.5 Å². The third-order valence-electron chi connectivity index (χ3n) is 5.15. The monoisotopic (exact) mass is 398 g/mol. The predicted molar refractivity (Wildman–Crippen MR) is 103 cm³/mol. The summed E-state index contributed by atoms with van der Waals surface area (Å²) in [6.07, 6.45) is 1.08. The van der Waals surface area contributed by atoms with Crippen LogP contribution in [0.5, 0.6) is 0 Å². The van der Waals surface area contributed by atoms with E-state index in [4.69, 9.17) is 4.74 Å². The topological polar surface area (TPSA) is 89.7 Å². The van der Waals surface area contributed by atoms with Gasteiger partial charge in [-0.25, -0.2) is 4.79 Å². The van der Waals surface area contributed by atoms with Crippen LogP contribution in [-0.4, -0.2) is 33.5 Å². The van der Waals surface area contributed by atoms with E-state index in [2.05, 4.69) is 0 Å². The maximum atomic E-state index is 12.7. The molecule has 8 heteroatoms. The zero-order valence-electron chi connectivity index (χ0n) is 14.9. The third kappa shape index (κ3) is 3.13. The highest BCUT2D eigenvalue weighted by Crippen LogP contribution is 2.54. The number of rotatable bonds is 5. The Kier molecular flexibility index (Phi) is 4.80. The number of thioether (sulfide) groups is 1. The Bertz CT molecular complexity index is 918. The number of hydrogen-bond acceptors (Lipinski definition) is 6. The molecule has 28 heavy (non-hydrogen) atoms. The molecule has 2 aromatic carbocycles. The fourth-order valence-corrected chi connectivity index (χ4v) is 5.42. The van der Waals surface area contributed by atoms with Crippen molar-refractivity contribution in [1.29, 1.82) is 0 Å². The van der Waals surface area contributed by atoms with Crippen LogP contribution in [0.15, 0.2) is 54.6 Å². The Balaban J connectivity index is 1.48. The number of carbonyl (C=O) groups excluding carboxylic acids is 2. The molecule has 7 nitrogen and oxygen atoms in total. The number of ether oxygens (including phenoxy) is 1. The largest absolute Gasteiger partial charge is 0.459 e. The highest BCUT2D eigenvalue weighted by atomic mass is 32.2. The fraction of sp³-hybridized carbons (Fsp3) is 0.300. The van der Waals surface area contributed by atoms with Gasteiger partial charge in [0.25, 0.3) is 5.69 Å². The molecule has 2 atom stereocenters. The number of nitro benzene ring substituents is 1. The van der Waals surface area contributed by atoms with Crippen LogP contribution < -0.4 is 0 Å². The van der Waals surface area contributed by atoms with Gasteiger partial charge < -0.3 is 9.64 Å². The number of fused-ring (bicyclic) bond motifs is 1. The lowest BCUT2D eigenvalue weighted by Crippen LogP contribution is -2.46. The Morgan fingerprint density at radius 2 is 1.93 bits per heavy atom. The van der Waals surface area contributed by atoms with E-state index in [0.29, 0.717) is 24.2 Å². The van der Waals surface area contributed by atoms with Crippen LogP contribution in [0.1, 0.15) is 24.0 Å². The third-order valence-corrected chi connectivity index (χ3v) is 6.75. The van der Waals surface area contributed by atoms with Gasteiger partial charge in [-0.3, -0.25) is 14.9 Å². The van der Waals surface area contributed by atoms with Crippen molar-refractivity contribution in [3.05, 3.63) is 75.8 Å². The molecule has 144 valence electrons. The van der Waals surface area contributed by atoms with Crippen LogP contribution in [0.4, 0.5) is 5.69 Å². The van der Waals surface area contributed by atoms with E-state index >= 15 is 0 Å². The summed E-state index contributed by atoms with van der Waals surface area (Å²) in [7, 11) is 0. The molecule has 0 radical (unpaired) electrons. The molecule has 0 aliphatic carbocycles. The Labute approximate surface area is 165 Å². The number of carbonyl (C=O) groups is 2. The first-order valence-electron chi connectivity index (χ1n) is 8.93. The number of nitrogens with zero attached hydrogens (tertiary/aromatic N) is 2. The number of hydrogen-bond donors (Lipinski definition) is 0. The highest BCUT2D eigenvalue weighted by Gasteiger charge is 2.57. The lowest BCUT2D eigenvalue weighted by atomic mass is 10.0. The van der Waals surface area contributed by atoms with Crippen molar-refractivity contribution in [2.75, 3.05) is 5.75 Å². The molecular formula is C20H18N2O5S. The Hall–Kier alpha value is -2.87. The minimum atomic E-state index is -0.627. The first kappa shape index (κ1) is 18.5. The van der Waals surface area contributed by atoms with Crippen LogP contribution in [0.2, 0.25) is 0 Å². The molecule has 0 N–H and O–H groups in total. The summed E-state index contributed by atoms with van der Waals surface area (Å²) in [4.78, 5) is 36.7. The highest BCUT2D eigenvalue weighted by molar-refractivity contribution is 8.00. The first-order valence-corrected chi connectivity index (χ1v) is 9.91. The smallest absolute Gasteiger partial charge is 0.330 e. The van der Waals surface area contributed by atoms with Crippen LogP contribution in [-0.2, 0) is 25.8 Å². The number of non-ortho nitro benzene ring substituents is 1. The minimum absolute atomic E-state index is 0.0123. The molecule has 0 saturated carbocycles. The van der Waals surface area contributed by atoms with Gasteiger partial charge in [0, 0.05) is 24.3 Å².